The Labute approximate surface area is 183 Å². The number of thiazole rings is 1. The predicted molar refractivity (Wildman–Crippen MR) is 113 cm³/mol. The summed E-state index contributed by atoms with van der Waals surface area (Å²) >= 11 is 1.27. The summed E-state index contributed by atoms with van der Waals surface area (Å²) in [7, 11) is 0. The molecule has 2 aromatic rings. The molecule has 1 aromatic heterocycles. The molecule has 0 aliphatic carbocycles. The van der Waals surface area contributed by atoms with E-state index in [4.69, 9.17) is 4.74 Å². The number of halogens is 3. The number of hydrogen-bond acceptors (Lipinski definition) is 6. The quantitative estimate of drug-likeness (QED) is 0.458. The molecule has 6 nitrogen and oxygen atoms in total. The normalized spacial score (nSPS) is 17.1. The SMILES string of the molecule is CCCCCOc1ccc(Nc2nc(CN3CCCC3C(=O)O)cs2)cc1C(F)(F)F. The molecule has 1 aliphatic heterocycles. The molecule has 0 saturated carbocycles. The fraction of sp³-hybridized carbons (Fsp3) is 0.524. The van der Waals surface area contributed by atoms with E-state index in [9.17, 15) is 23.1 Å². The van der Waals surface area contributed by atoms with E-state index in [0.29, 0.717) is 36.8 Å². The highest BCUT2D eigenvalue weighted by Gasteiger charge is 2.35. The van der Waals surface area contributed by atoms with Crippen molar-refractivity contribution in [2.24, 2.45) is 0 Å². The highest BCUT2D eigenvalue weighted by atomic mass is 32.1. The molecule has 1 unspecified atom stereocenters. The van der Waals surface area contributed by atoms with E-state index in [2.05, 4.69) is 10.3 Å². The van der Waals surface area contributed by atoms with Gasteiger partial charge in [0.2, 0.25) is 0 Å². The first-order valence-electron chi connectivity index (χ1n) is 10.3. The van der Waals surface area contributed by atoms with Gasteiger partial charge in [0, 0.05) is 17.6 Å². The van der Waals surface area contributed by atoms with Crippen LogP contribution in [0.4, 0.5) is 24.0 Å². The summed E-state index contributed by atoms with van der Waals surface area (Å²) < 4.78 is 45.9. The third-order valence-corrected chi connectivity index (χ3v) is 5.91. The van der Waals surface area contributed by atoms with E-state index >= 15 is 0 Å². The number of benzene rings is 1. The first-order chi connectivity index (χ1) is 14.8. The number of nitrogens with one attached hydrogen (secondary N) is 1. The molecule has 10 heteroatoms. The van der Waals surface area contributed by atoms with Gasteiger partial charge in [0.15, 0.2) is 5.13 Å². The van der Waals surface area contributed by atoms with Gasteiger partial charge in [-0.1, -0.05) is 19.8 Å². The molecule has 1 atom stereocenters. The zero-order valence-electron chi connectivity index (χ0n) is 17.2. The lowest BCUT2D eigenvalue weighted by Crippen LogP contribution is -2.35. The van der Waals surface area contributed by atoms with Crippen LogP contribution < -0.4 is 10.1 Å². The molecule has 31 heavy (non-hydrogen) atoms. The molecule has 2 heterocycles. The Kier molecular flexibility index (Phi) is 7.77. The summed E-state index contributed by atoms with van der Waals surface area (Å²) in [6.45, 7) is 3.34. The Morgan fingerprint density at radius 1 is 1.39 bits per heavy atom. The van der Waals surface area contributed by atoms with Crippen LogP contribution in [-0.4, -0.2) is 40.2 Å². The molecule has 0 amide bonds. The second-order valence-corrected chi connectivity index (χ2v) is 8.36. The molecular formula is C21H26F3N3O3S. The van der Waals surface area contributed by atoms with Crippen LogP contribution in [0.3, 0.4) is 0 Å². The van der Waals surface area contributed by atoms with Crippen molar-refractivity contribution in [3.63, 3.8) is 0 Å². The van der Waals surface area contributed by atoms with E-state index in [1.807, 2.05) is 11.8 Å². The second-order valence-electron chi connectivity index (χ2n) is 7.50. The Morgan fingerprint density at radius 2 is 2.19 bits per heavy atom. The number of aliphatic carboxylic acids is 1. The molecule has 1 aliphatic rings. The summed E-state index contributed by atoms with van der Waals surface area (Å²) in [5, 5.41) is 14.4. The van der Waals surface area contributed by atoms with E-state index in [0.717, 1.165) is 25.3 Å². The van der Waals surface area contributed by atoms with Crippen LogP contribution in [0.1, 0.15) is 50.3 Å². The van der Waals surface area contributed by atoms with Crippen molar-refractivity contribution in [1.29, 1.82) is 0 Å². The average molecular weight is 458 g/mol. The van der Waals surface area contributed by atoms with Gasteiger partial charge in [0.05, 0.1) is 17.9 Å². The summed E-state index contributed by atoms with van der Waals surface area (Å²) in [5.41, 5.74) is 0.124. The zero-order chi connectivity index (χ0) is 22.4. The Bertz CT molecular complexity index is 888. The molecule has 3 rings (SSSR count). The summed E-state index contributed by atoms with van der Waals surface area (Å²) in [6, 6.07) is 3.37. The Morgan fingerprint density at radius 3 is 2.90 bits per heavy atom. The third kappa shape index (κ3) is 6.33. The molecule has 1 fully saturated rings. The number of aromatic nitrogens is 1. The highest BCUT2D eigenvalue weighted by molar-refractivity contribution is 7.13. The minimum Gasteiger partial charge on any atom is -0.493 e. The van der Waals surface area contributed by atoms with Crippen LogP contribution >= 0.6 is 11.3 Å². The zero-order valence-corrected chi connectivity index (χ0v) is 18.1. The topological polar surface area (TPSA) is 74.7 Å². The molecule has 2 N–H and O–H groups in total. The first-order valence-corrected chi connectivity index (χ1v) is 11.2. The van der Waals surface area contributed by atoms with Crippen molar-refractivity contribution in [2.75, 3.05) is 18.5 Å². The fourth-order valence-corrected chi connectivity index (χ4v) is 4.27. The number of anilines is 2. The molecular weight excluding hydrogens is 431 g/mol. The number of hydrogen-bond donors (Lipinski definition) is 2. The van der Waals surface area contributed by atoms with Gasteiger partial charge in [0.1, 0.15) is 11.8 Å². The van der Waals surface area contributed by atoms with E-state index in [-0.39, 0.29) is 18.0 Å². The molecule has 170 valence electrons. The molecule has 1 aromatic carbocycles. The number of alkyl halides is 3. The smallest absolute Gasteiger partial charge is 0.420 e. The average Bonchev–Trinajstić information content (AvgIpc) is 3.35. The highest BCUT2D eigenvalue weighted by Crippen LogP contribution is 2.38. The van der Waals surface area contributed by atoms with Gasteiger partial charge < -0.3 is 15.2 Å². The number of likely N-dealkylation sites (tertiary alicyclic amines) is 1. The van der Waals surface area contributed by atoms with Gasteiger partial charge in [0.25, 0.3) is 0 Å². The van der Waals surface area contributed by atoms with Crippen LogP contribution in [0.25, 0.3) is 0 Å². The fourth-order valence-electron chi connectivity index (χ4n) is 3.55. The van der Waals surface area contributed by atoms with Crippen molar-refractivity contribution >= 4 is 28.1 Å². The lowest BCUT2D eigenvalue weighted by Gasteiger charge is -2.19. The van der Waals surface area contributed by atoms with Crippen LogP contribution in [0, 0.1) is 0 Å². The molecule has 0 spiro atoms. The third-order valence-electron chi connectivity index (χ3n) is 5.11. The Balaban J connectivity index is 1.67. The van der Waals surface area contributed by atoms with Crippen molar-refractivity contribution in [3.8, 4) is 5.75 Å². The lowest BCUT2D eigenvalue weighted by molar-refractivity contribution is -0.142. The van der Waals surface area contributed by atoms with Gasteiger partial charge in [-0.05, 0) is 44.0 Å². The number of ether oxygens (including phenoxy) is 1. The van der Waals surface area contributed by atoms with E-state index in [1.165, 1.54) is 23.5 Å². The van der Waals surface area contributed by atoms with Crippen molar-refractivity contribution in [3.05, 3.63) is 34.8 Å². The number of nitrogens with zero attached hydrogens (tertiary/aromatic N) is 2. The van der Waals surface area contributed by atoms with Crippen molar-refractivity contribution in [2.45, 2.75) is 57.8 Å². The minimum atomic E-state index is -4.53. The molecule has 1 saturated heterocycles. The largest absolute Gasteiger partial charge is 0.493 e. The van der Waals surface area contributed by atoms with Crippen LogP contribution in [0.15, 0.2) is 23.6 Å². The van der Waals surface area contributed by atoms with Gasteiger partial charge in [-0.2, -0.15) is 13.2 Å². The van der Waals surface area contributed by atoms with Gasteiger partial charge in [-0.15, -0.1) is 11.3 Å². The number of carboxylic acid groups (broad SMARTS) is 1. The number of carboxylic acids is 1. The predicted octanol–water partition coefficient (Wildman–Crippen LogP) is 5.52. The monoisotopic (exact) mass is 457 g/mol. The maximum absolute atomic E-state index is 13.5. The van der Waals surface area contributed by atoms with Gasteiger partial charge in [-0.3, -0.25) is 9.69 Å². The summed E-state index contributed by atoms with van der Waals surface area (Å²) in [6.07, 6.45) is -0.541. The number of unbranched alkanes of at least 4 members (excludes halogenated alkanes) is 2. The molecule has 0 radical (unpaired) electrons. The van der Waals surface area contributed by atoms with E-state index in [1.54, 1.807) is 5.38 Å². The number of carbonyl (C=O) groups is 1. The maximum atomic E-state index is 13.5. The van der Waals surface area contributed by atoms with Gasteiger partial charge >= 0.3 is 12.1 Å². The summed E-state index contributed by atoms with van der Waals surface area (Å²) in [4.78, 5) is 17.6. The number of rotatable bonds is 10. The first kappa shape index (κ1) is 23.3. The Hall–Kier alpha value is -2.33. The van der Waals surface area contributed by atoms with Gasteiger partial charge in [-0.25, -0.2) is 4.98 Å². The van der Waals surface area contributed by atoms with Crippen molar-refractivity contribution < 1.29 is 27.8 Å². The van der Waals surface area contributed by atoms with E-state index < -0.39 is 23.8 Å². The van der Waals surface area contributed by atoms with Crippen LogP contribution in [-0.2, 0) is 17.5 Å². The lowest BCUT2D eigenvalue weighted by atomic mass is 10.1. The van der Waals surface area contributed by atoms with Crippen molar-refractivity contribution in [1.82, 2.24) is 9.88 Å². The standard InChI is InChI=1S/C21H26F3N3O3S/c1-2-3-4-10-30-18-8-7-14(11-16(18)21(22,23)24)25-20-26-15(13-31-20)12-27-9-5-6-17(27)19(28)29/h7-8,11,13,17H,2-6,9-10,12H2,1H3,(H,25,26)(H,28,29). The molecule has 0 bridgehead atoms. The summed E-state index contributed by atoms with van der Waals surface area (Å²) in [5.74, 6) is -1.02. The van der Waals surface area contributed by atoms with Crippen LogP contribution in [0.2, 0.25) is 0 Å². The van der Waals surface area contributed by atoms with Crippen LogP contribution in [0.5, 0.6) is 5.75 Å². The minimum absolute atomic E-state index is 0.178. The second kappa shape index (κ2) is 10.3. The maximum Gasteiger partial charge on any atom is 0.420 e.